The summed E-state index contributed by atoms with van der Waals surface area (Å²) in [6.45, 7) is 0.251. The molecule has 1 amide bonds. The highest BCUT2D eigenvalue weighted by atomic mass is 79.9. The molecule has 2 aromatic heterocycles. The van der Waals surface area contributed by atoms with E-state index in [1.165, 1.54) is 23.0 Å². The van der Waals surface area contributed by atoms with E-state index in [1.54, 1.807) is 12.1 Å². The van der Waals surface area contributed by atoms with Crippen LogP contribution in [0, 0.1) is 5.82 Å². The van der Waals surface area contributed by atoms with Crippen molar-refractivity contribution in [2.75, 3.05) is 5.32 Å². The Morgan fingerprint density at radius 1 is 1.25 bits per heavy atom. The Morgan fingerprint density at radius 3 is 2.46 bits per heavy atom. The van der Waals surface area contributed by atoms with Crippen LogP contribution < -0.4 is 5.32 Å². The molecule has 1 N–H and O–H groups in total. The van der Waals surface area contributed by atoms with E-state index in [4.69, 9.17) is 11.6 Å². The first-order valence-electron chi connectivity index (χ1n) is 7.64. The van der Waals surface area contributed by atoms with Gasteiger partial charge < -0.3 is 5.32 Å². The number of amides is 1. The maximum absolute atomic E-state index is 13.0. The van der Waals surface area contributed by atoms with E-state index >= 15 is 0 Å². The summed E-state index contributed by atoms with van der Waals surface area (Å²) in [5, 5.41) is 10.1. The largest absolute Gasteiger partial charge is 0.434 e. The van der Waals surface area contributed by atoms with Crippen LogP contribution in [0.25, 0.3) is 0 Å². The van der Waals surface area contributed by atoms with Gasteiger partial charge in [0.2, 0.25) is 0 Å². The first-order valence-corrected chi connectivity index (χ1v) is 8.82. The van der Waals surface area contributed by atoms with Crippen LogP contribution in [0.5, 0.6) is 0 Å². The van der Waals surface area contributed by atoms with Crippen molar-refractivity contribution >= 4 is 39.3 Å². The van der Waals surface area contributed by atoms with E-state index in [-0.39, 0.29) is 23.2 Å². The van der Waals surface area contributed by atoms with Crippen molar-refractivity contribution in [3.05, 3.63) is 62.7 Å². The van der Waals surface area contributed by atoms with Crippen molar-refractivity contribution in [3.63, 3.8) is 0 Å². The molecule has 28 heavy (non-hydrogen) atoms. The van der Waals surface area contributed by atoms with Crippen LogP contribution in [0.15, 0.2) is 34.9 Å². The number of hydrogen-bond acceptors (Lipinski definition) is 3. The Bertz CT molecular complexity index is 1030. The number of carbonyl (C=O) groups excluding carboxylic acids is 1. The predicted octanol–water partition coefficient (Wildman–Crippen LogP) is 4.49. The van der Waals surface area contributed by atoms with Gasteiger partial charge >= 0.3 is 6.18 Å². The van der Waals surface area contributed by atoms with E-state index in [0.29, 0.717) is 4.68 Å². The maximum Gasteiger partial charge on any atom is 0.434 e. The first-order chi connectivity index (χ1) is 13.1. The predicted molar refractivity (Wildman–Crippen MR) is 96.6 cm³/mol. The quantitative estimate of drug-likeness (QED) is 0.560. The zero-order valence-electron chi connectivity index (χ0n) is 14.1. The Kier molecular flexibility index (Phi) is 5.48. The van der Waals surface area contributed by atoms with Crippen molar-refractivity contribution in [3.8, 4) is 0 Å². The number of aromatic nitrogens is 4. The zero-order chi connectivity index (χ0) is 20.6. The molecule has 0 unspecified atom stereocenters. The van der Waals surface area contributed by atoms with E-state index in [1.807, 2.05) is 0 Å². The molecule has 148 valence electrons. The summed E-state index contributed by atoms with van der Waals surface area (Å²) in [7, 11) is 1.08. The topological polar surface area (TPSA) is 64.7 Å². The molecule has 3 rings (SSSR count). The molecule has 0 aliphatic carbocycles. The number of alkyl halides is 3. The minimum Gasteiger partial charge on any atom is -0.302 e. The van der Waals surface area contributed by atoms with E-state index in [9.17, 15) is 22.4 Å². The molecule has 0 bridgehead atoms. The number of benzene rings is 1. The van der Waals surface area contributed by atoms with Crippen molar-refractivity contribution in [2.45, 2.75) is 12.7 Å². The Hall–Kier alpha value is -2.40. The highest BCUT2D eigenvalue weighted by Crippen LogP contribution is 2.36. The molecule has 0 aliphatic rings. The fourth-order valence-electron chi connectivity index (χ4n) is 2.46. The molecular formula is C16H11BrClF4N5O. The molecule has 6 nitrogen and oxygen atoms in total. The lowest BCUT2D eigenvalue weighted by atomic mass is 10.2. The van der Waals surface area contributed by atoms with Gasteiger partial charge in [0, 0.05) is 13.2 Å². The number of nitrogens with one attached hydrogen (secondary N) is 1. The van der Waals surface area contributed by atoms with Crippen LogP contribution >= 0.6 is 27.5 Å². The van der Waals surface area contributed by atoms with Crippen molar-refractivity contribution < 1.29 is 22.4 Å². The van der Waals surface area contributed by atoms with Crippen molar-refractivity contribution in [1.29, 1.82) is 0 Å². The molecule has 0 aliphatic heterocycles. The first kappa shape index (κ1) is 20.3. The summed E-state index contributed by atoms with van der Waals surface area (Å²) in [6.07, 6.45) is -3.26. The van der Waals surface area contributed by atoms with Gasteiger partial charge in [-0.1, -0.05) is 23.7 Å². The van der Waals surface area contributed by atoms with Gasteiger partial charge in [-0.2, -0.15) is 23.4 Å². The number of hydrogen-bond donors (Lipinski definition) is 1. The summed E-state index contributed by atoms with van der Waals surface area (Å²) >= 11 is 8.81. The van der Waals surface area contributed by atoms with Crippen LogP contribution in [-0.2, 0) is 19.8 Å². The third-order valence-corrected chi connectivity index (χ3v) is 4.71. The molecule has 0 spiro atoms. The van der Waals surface area contributed by atoms with Gasteiger partial charge in [0.05, 0.1) is 11.0 Å². The average Bonchev–Trinajstić information content (AvgIpc) is 3.08. The van der Waals surface area contributed by atoms with E-state index in [0.717, 1.165) is 12.6 Å². The van der Waals surface area contributed by atoms with Gasteiger partial charge in [-0.05, 0) is 33.6 Å². The molecule has 0 saturated heterocycles. The van der Waals surface area contributed by atoms with Crippen LogP contribution in [0.4, 0.5) is 23.4 Å². The second-order valence-corrected chi connectivity index (χ2v) is 6.94. The molecule has 0 saturated carbocycles. The number of halogens is 6. The van der Waals surface area contributed by atoms with Crippen LogP contribution in [0.2, 0.25) is 5.02 Å². The summed E-state index contributed by atoms with van der Waals surface area (Å²) < 4.78 is 53.5. The van der Waals surface area contributed by atoms with Crippen LogP contribution in [0.3, 0.4) is 0 Å². The monoisotopic (exact) mass is 479 g/mol. The van der Waals surface area contributed by atoms with Gasteiger partial charge in [-0.25, -0.2) is 4.39 Å². The third kappa shape index (κ3) is 4.20. The van der Waals surface area contributed by atoms with Gasteiger partial charge in [-0.15, -0.1) is 0 Å². The second-order valence-electron chi connectivity index (χ2n) is 5.74. The third-order valence-electron chi connectivity index (χ3n) is 3.68. The minimum atomic E-state index is -4.69. The lowest BCUT2D eigenvalue weighted by molar-refractivity contribution is -0.144. The number of carbonyl (C=O) groups is 1. The Morgan fingerprint density at radius 2 is 1.89 bits per heavy atom. The number of rotatable bonds is 4. The van der Waals surface area contributed by atoms with Gasteiger partial charge in [0.1, 0.15) is 10.8 Å². The van der Waals surface area contributed by atoms with Crippen molar-refractivity contribution in [1.82, 2.24) is 19.6 Å². The molecule has 2 heterocycles. The molecule has 1 aromatic carbocycles. The molecule has 0 fully saturated rings. The van der Waals surface area contributed by atoms with E-state index < -0.39 is 27.9 Å². The molecule has 0 radical (unpaired) electrons. The summed E-state index contributed by atoms with van der Waals surface area (Å²) in [5.74, 6) is -1.33. The molecule has 0 atom stereocenters. The molecular weight excluding hydrogens is 470 g/mol. The molecule has 3 aromatic rings. The van der Waals surface area contributed by atoms with Gasteiger partial charge in [-0.3, -0.25) is 14.2 Å². The number of nitrogens with zero attached hydrogens (tertiary/aromatic N) is 4. The average molecular weight is 481 g/mol. The maximum atomic E-state index is 13.0. The Balaban J connectivity index is 1.80. The second kappa shape index (κ2) is 7.55. The van der Waals surface area contributed by atoms with E-state index in [2.05, 4.69) is 31.4 Å². The number of aryl methyl sites for hydroxylation is 1. The lowest BCUT2D eigenvalue weighted by Crippen LogP contribution is -2.14. The SMILES string of the molecule is Cn1nc(C(=O)Nc2nn(Cc3ccc(F)cc3)cc2Cl)c(Br)c1C(F)(F)F. The fourth-order valence-corrected chi connectivity index (χ4v) is 3.40. The van der Waals surface area contributed by atoms with Crippen molar-refractivity contribution in [2.24, 2.45) is 7.05 Å². The summed E-state index contributed by atoms with van der Waals surface area (Å²) in [4.78, 5) is 12.4. The highest BCUT2D eigenvalue weighted by molar-refractivity contribution is 9.10. The van der Waals surface area contributed by atoms with Gasteiger partial charge in [0.25, 0.3) is 5.91 Å². The Labute approximate surface area is 169 Å². The summed E-state index contributed by atoms with van der Waals surface area (Å²) in [6, 6.07) is 5.71. The van der Waals surface area contributed by atoms with Gasteiger partial charge in [0.15, 0.2) is 17.2 Å². The van der Waals surface area contributed by atoms with Crippen LogP contribution in [-0.4, -0.2) is 25.5 Å². The number of anilines is 1. The minimum absolute atomic E-state index is 0.0418. The standard InChI is InChI=1S/C16H11BrClF4N5O/c1-26-13(16(20,21)22)11(17)12(24-26)15(28)23-14-10(18)7-27(25-14)6-8-2-4-9(19)5-3-8/h2-5,7H,6H2,1H3,(H,23,25,28). The fraction of sp³-hybridized carbons (Fsp3) is 0.188. The normalized spacial score (nSPS) is 11.7. The lowest BCUT2D eigenvalue weighted by Gasteiger charge is -2.06. The summed E-state index contributed by atoms with van der Waals surface area (Å²) in [5.41, 5.74) is -0.815. The smallest absolute Gasteiger partial charge is 0.302 e. The zero-order valence-corrected chi connectivity index (χ0v) is 16.4. The highest BCUT2D eigenvalue weighted by Gasteiger charge is 2.39. The molecule has 12 heteroatoms. The van der Waals surface area contributed by atoms with Crippen LogP contribution in [0.1, 0.15) is 21.7 Å².